The molecular formula is C20H19N3O4. The molecule has 1 heterocycles. The second-order valence-electron chi connectivity index (χ2n) is 6.30. The van der Waals surface area contributed by atoms with Crippen LogP contribution in [0.25, 0.3) is 10.8 Å². The molecule has 0 aliphatic carbocycles. The van der Waals surface area contributed by atoms with Crippen LogP contribution < -0.4 is 5.56 Å². The fraction of sp³-hybridized carbons (Fsp3) is 0.200. The predicted molar refractivity (Wildman–Crippen MR) is 101 cm³/mol. The summed E-state index contributed by atoms with van der Waals surface area (Å²) in [5.41, 5.74) is 0.200. The Kier molecular flexibility index (Phi) is 5.03. The van der Waals surface area contributed by atoms with Gasteiger partial charge in [-0.15, -0.1) is 0 Å². The number of carbonyl (C=O) groups is 2. The molecule has 0 radical (unpaired) electrons. The van der Waals surface area contributed by atoms with Crippen molar-refractivity contribution in [3.63, 3.8) is 0 Å². The number of aromatic nitrogens is 2. The first-order valence-electron chi connectivity index (χ1n) is 8.44. The van der Waals surface area contributed by atoms with Crippen molar-refractivity contribution in [1.82, 2.24) is 14.7 Å². The SMILES string of the molecule is C[C@H](C(=O)N(C)Cc1ccccc1)n1nc(C(=O)O)c2ccccc2c1=O. The quantitative estimate of drug-likeness (QED) is 0.749. The average Bonchev–Trinajstić information content (AvgIpc) is 2.68. The molecule has 0 bridgehead atoms. The third-order valence-electron chi connectivity index (χ3n) is 4.39. The zero-order chi connectivity index (χ0) is 19.6. The highest BCUT2D eigenvalue weighted by molar-refractivity contribution is 6.01. The number of carboxylic acid groups (broad SMARTS) is 1. The van der Waals surface area contributed by atoms with Gasteiger partial charge in [-0.25, -0.2) is 9.48 Å². The van der Waals surface area contributed by atoms with Gasteiger partial charge in [-0.2, -0.15) is 5.10 Å². The van der Waals surface area contributed by atoms with E-state index in [1.807, 2.05) is 30.3 Å². The molecule has 0 spiro atoms. The third-order valence-corrected chi connectivity index (χ3v) is 4.39. The predicted octanol–water partition coefficient (Wildman–Crippen LogP) is 2.31. The van der Waals surface area contributed by atoms with Crippen LogP contribution in [0.3, 0.4) is 0 Å². The summed E-state index contributed by atoms with van der Waals surface area (Å²) in [4.78, 5) is 38.6. The largest absolute Gasteiger partial charge is 0.476 e. The number of hydrogen-bond donors (Lipinski definition) is 1. The molecule has 27 heavy (non-hydrogen) atoms. The molecule has 3 aromatic rings. The minimum atomic E-state index is -1.25. The van der Waals surface area contributed by atoms with Crippen LogP contribution in [0, 0.1) is 0 Å². The Bertz CT molecular complexity index is 1060. The van der Waals surface area contributed by atoms with Crippen molar-refractivity contribution < 1.29 is 14.7 Å². The van der Waals surface area contributed by atoms with E-state index in [1.54, 1.807) is 26.1 Å². The summed E-state index contributed by atoms with van der Waals surface area (Å²) in [6, 6.07) is 14.9. The minimum Gasteiger partial charge on any atom is -0.476 e. The zero-order valence-corrected chi connectivity index (χ0v) is 15.0. The van der Waals surface area contributed by atoms with Crippen LogP contribution in [-0.4, -0.2) is 38.7 Å². The average molecular weight is 365 g/mol. The highest BCUT2D eigenvalue weighted by Crippen LogP contribution is 2.16. The van der Waals surface area contributed by atoms with E-state index >= 15 is 0 Å². The lowest BCUT2D eigenvalue weighted by atomic mass is 10.1. The van der Waals surface area contributed by atoms with Crippen LogP contribution in [0.4, 0.5) is 0 Å². The number of nitrogens with zero attached hydrogens (tertiary/aromatic N) is 3. The molecule has 1 atom stereocenters. The van der Waals surface area contributed by atoms with Gasteiger partial charge in [-0.1, -0.05) is 48.5 Å². The highest BCUT2D eigenvalue weighted by Gasteiger charge is 2.24. The lowest BCUT2D eigenvalue weighted by Gasteiger charge is -2.22. The molecule has 7 nitrogen and oxygen atoms in total. The molecular weight excluding hydrogens is 346 g/mol. The Morgan fingerprint density at radius 2 is 1.67 bits per heavy atom. The fourth-order valence-electron chi connectivity index (χ4n) is 2.99. The molecule has 2 aromatic carbocycles. The smallest absolute Gasteiger partial charge is 0.357 e. The van der Waals surface area contributed by atoms with Gasteiger partial charge in [-0.05, 0) is 18.6 Å². The molecule has 0 unspecified atom stereocenters. The molecule has 0 saturated carbocycles. The van der Waals surface area contributed by atoms with Gasteiger partial charge in [0, 0.05) is 19.0 Å². The van der Waals surface area contributed by atoms with Crippen LogP contribution in [-0.2, 0) is 11.3 Å². The van der Waals surface area contributed by atoms with Gasteiger partial charge in [0.1, 0.15) is 6.04 Å². The van der Waals surface area contributed by atoms with Crippen molar-refractivity contribution in [2.75, 3.05) is 7.05 Å². The number of rotatable bonds is 5. The molecule has 3 rings (SSSR count). The molecule has 0 aliphatic rings. The Hall–Kier alpha value is -3.48. The van der Waals surface area contributed by atoms with Crippen LogP contribution in [0.2, 0.25) is 0 Å². The van der Waals surface area contributed by atoms with E-state index in [4.69, 9.17) is 0 Å². The Labute approximate surface area is 155 Å². The maximum atomic E-state index is 12.8. The highest BCUT2D eigenvalue weighted by atomic mass is 16.4. The van der Waals surface area contributed by atoms with E-state index in [0.717, 1.165) is 10.2 Å². The maximum Gasteiger partial charge on any atom is 0.357 e. The van der Waals surface area contributed by atoms with Gasteiger partial charge in [0.25, 0.3) is 5.56 Å². The first-order chi connectivity index (χ1) is 12.9. The number of benzene rings is 2. The standard InChI is InChI=1S/C20H19N3O4/c1-13(18(24)22(2)12-14-8-4-3-5-9-14)23-19(25)16-11-7-6-10-15(16)17(21-23)20(26)27/h3-11,13H,12H2,1-2H3,(H,26,27)/t13-/m1/s1. The number of likely N-dealkylation sites (N-methyl/N-ethyl adjacent to an activating group) is 1. The Morgan fingerprint density at radius 3 is 2.30 bits per heavy atom. The number of hydrogen-bond acceptors (Lipinski definition) is 4. The molecule has 0 fully saturated rings. The lowest BCUT2D eigenvalue weighted by Crippen LogP contribution is -2.38. The molecule has 0 aliphatic heterocycles. The molecule has 1 amide bonds. The first kappa shape index (κ1) is 18.3. The van der Waals surface area contributed by atoms with Crippen molar-refractivity contribution in [3.05, 3.63) is 76.2 Å². The van der Waals surface area contributed by atoms with Gasteiger partial charge in [0.15, 0.2) is 5.69 Å². The summed E-state index contributed by atoms with van der Waals surface area (Å²) in [5.74, 6) is -1.59. The fourth-order valence-corrected chi connectivity index (χ4v) is 2.99. The van der Waals surface area contributed by atoms with Gasteiger partial charge in [-0.3, -0.25) is 9.59 Å². The third kappa shape index (κ3) is 3.57. The number of carbonyl (C=O) groups excluding carboxylic acids is 1. The van der Waals surface area contributed by atoms with Crippen molar-refractivity contribution in [1.29, 1.82) is 0 Å². The second-order valence-corrected chi connectivity index (χ2v) is 6.30. The van der Waals surface area contributed by atoms with E-state index in [1.165, 1.54) is 17.0 Å². The van der Waals surface area contributed by atoms with E-state index in [9.17, 15) is 19.5 Å². The summed E-state index contributed by atoms with van der Waals surface area (Å²) in [6.07, 6.45) is 0. The Morgan fingerprint density at radius 1 is 1.07 bits per heavy atom. The Balaban J connectivity index is 1.98. The van der Waals surface area contributed by atoms with E-state index in [-0.39, 0.29) is 22.4 Å². The van der Waals surface area contributed by atoms with Gasteiger partial charge < -0.3 is 10.0 Å². The van der Waals surface area contributed by atoms with E-state index < -0.39 is 17.6 Å². The zero-order valence-electron chi connectivity index (χ0n) is 15.0. The summed E-state index contributed by atoms with van der Waals surface area (Å²) in [5, 5.41) is 13.9. The molecule has 0 saturated heterocycles. The van der Waals surface area contributed by atoms with Gasteiger partial charge >= 0.3 is 5.97 Å². The van der Waals surface area contributed by atoms with Crippen LogP contribution >= 0.6 is 0 Å². The first-order valence-corrected chi connectivity index (χ1v) is 8.44. The molecule has 138 valence electrons. The van der Waals surface area contributed by atoms with Crippen molar-refractivity contribution >= 4 is 22.6 Å². The van der Waals surface area contributed by atoms with Crippen molar-refractivity contribution in [2.24, 2.45) is 0 Å². The molecule has 1 aromatic heterocycles. The summed E-state index contributed by atoms with van der Waals surface area (Å²) in [7, 11) is 1.63. The van der Waals surface area contributed by atoms with Crippen molar-refractivity contribution in [3.8, 4) is 0 Å². The van der Waals surface area contributed by atoms with E-state index in [0.29, 0.717) is 6.54 Å². The molecule has 1 N–H and O–H groups in total. The molecule has 7 heteroatoms. The monoisotopic (exact) mass is 365 g/mol. The topological polar surface area (TPSA) is 92.5 Å². The normalized spacial score (nSPS) is 11.9. The van der Waals surface area contributed by atoms with Gasteiger partial charge in [0.2, 0.25) is 5.91 Å². The van der Waals surface area contributed by atoms with Gasteiger partial charge in [0.05, 0.1) is 5.39 Å². The van der Waals surface area contributed by atoms with E-state index in [2.05, 4.69) is 5.10 Å². The number of fused-ring (bicyclic) bond motifs is 1. The van der Waals surface area contributed by atoms with Crippen LogP contribution in [0.15, 0.2) is 59.4 Å². The maximum absolute atomic E-state index is 12.8. The number of carboxylic acids is 1. The van der Waals surface area contributed by atoms with Crippen molar-refractivity contribution in [2.45, 2.75) is 19.5 Å². The van der Waals surface area contributed by atoms with Crippen LogP contribution in [0.5, 0.6) is 0 Å². The second kappa shape index (κ2) is 7.41. The lowest BCUT2D eigenvalue weighted by molar-refractivity contribution is -0.133. The summed E-state index contributed by atoms with van der Waals surface area (Å²) in [6.45, 7) is 1.91. The minimum absolute atomic E-state index is 0.218. The summed E-state index contributed by atoms with van der Waals surface area (Å²) >= 11 is 0. The summed E-state index contributed by atoms with van der Waals surface area (Å²) < 4.78 is 0.954. The number of amides is 1. The van der Waals surface area contributed by atoms with Crippen LogP contribution in [0.1, 0.15) is 29.0 Å². The number of aromatic carboxylic acids is 1.